The second-order valence-electron chi connectivity index (χ2n) is 9.50. The van der Waals surface area contributed by atoms with Gasteiger partial charge in [-0.05, 0) is 30.3 Å². The molecule has 0 atom stereocenters. The van der Waals surface area contributed by atoms with E-state index in [0.29, 0.717) is 22.0 Å². The average Bonchev–Trinajstić information content (AvgIpc) is 3.28. The maximum atomic E-state index is 16.2. The van der Waals surface area contributed by atoms with E-state index in [-0.39, 0.29) is 27.2 Å². The van der Waals surface area contributed by atoms with Crippen LogP contribution in [0, 0.1) is 17.5 Å². The minimum Gasteiger partial charge on any atom is -0.368 e. The molecular formula is C24H22F3N5O5S3. The third kappa shape index (κ3) is 5.79. The fourth-order valence-electron chi connectivity index (χ4n) is 3.65. The number of aromatic nitrogens is 3. The Morgan fingerprint density at radius 2 is 1.60 bits per heavy atom. The first-order valence-electron chi connectivity index (χ1n) is 11.3. The number of halogens is 3. The zero-order chi connectivity index (χ0) is 29.6. The van der Waals surface area contributed by atoms with Crippen molar-refractivity contribution in [3.63, 3.8) is 0 Å². The Morgan fingerprint density at radius 1 is 0.975 bits per heavy atom. The van der Waals surface area contributed by atoms with Crippen molar-refractivity contribution in [1.82, 2.24) is 15.0 Å². The number of nitrogens with two attached hydrogens (primary N) is 1. The van der Waals surface area contributed by atoms with Crippen molar-refractivity contribution >= 4 is 43.1 Å². The lowest BCUT2D eigenvalue weighted by Gasteiger charge is -2.24. The monoisotopic (exact) mass is 613 g/mol. The lowest BCUT2D eigenvalue weighted by atomic mass is 9.98. The number of hydrogen-bond donors (Lipinski definition) is 2. The number of nitrogen functional groups attached to an aromatic ring is 1. The summed E-state index contributed by atoms with van der Waals surface area (Å²) in [5, 5.41) is 0.551. The molecule has 16 heteroatoms. The molecule has 0 bridgehead atoms. The fraction of sp³-hybridized carbons (Fsp3) is 0.208. The van der Waals surface area contributed by atoms with E-state index in [0.717, 1.165) is 12.1 Å². The normalized spacial score (nSPS) is 12.5. The van der Waals surface area contributed by atoms with Gasteiger partial charge in [0.2, 0.25) is 5.95 Å². The summed E-state index contributed by atoms with van der Waals surface area (Å²) in [5.74, 6) is -6.19. The third-order valence-corrected chi connectivity index (χ3v) is 9.49. The Hall–Kier alpha value is -3.60. The Morgan fingerprint density at radius 3 is 2.17 bits per heavy atom. The SMILES string of the molecule is CC(C)(C)c1nc(-c2cccc(N(CS(=O)(=O)O)S(=O)(=O)c3c(F)cccc3F)c2F)c(-c2ccnc(N)n2)s1. The van der Waals surface area contributed by atoms with Crippen molar-refractivity contribution < 1.29 is 34.6 Å². The van der Waals surface area contributed by atoms with Crippen molar-refractivity contribution in [1.29, 1.82) is 0 Å². The van der Waals surface area contributed by atoms with Crippen LogP contribution >= 0.6 is 11.3 Å². The van der Waals surface area contributed by atoms with Crippen LogP contribution in [-0.2, 0) is 25.6 Å². The molecule has 3 N–H and O–H groups in total. The van der Waals surface area contributed by atoms with Crippen molar-refractivity contribution in [2.75, 3.05) is 15.9 Å². The quantitative estimate of drug-likeness (QED) is 0.284. The summed E-state index contributed by atoms with van der Waals surface area (Å²) < 4.78 is 105. The van der Waals surface area contributed by atoms with Crippen molar-refractivity contribution in [2.45, 2.75) is 31.1 Å². The van der Waals surface area contributed by atoms with E-state index >= 15 is 4.39 Å². The first-order valence-corrected chi connectivity index (χ1v) is 15.2. The van der Waals surface area contributed by atoms with Gasteiger partial charge in [-0.25, -0.2) is 40.8 Å². The van der Waals surface area contributed by atoms with Crippen LogP contribution in [0.1, 0.15) is 25.8 Å². The second kappa shape index (κ2) is 10.4. The predicted molar refractivity (Wildman–Crippen MR) is 144 cm³/mol. The largest absolute Gasteiger partial charge is 0.368 e. The Bertz CT molecular complexity index is 1800. The molecule has 0 aliphatic heterocycles. The van der Waals surface area contributed by atoms with Crippen molar-refractivity contribution in [3.05, 3.63) is 71.1 Å². The summed E-state index contributed by atoms with van der Waals surface area (Å²) in [6, 6.07) is 7.03. The van der Waals surface area contributed by atoms with E-state index in [4.69, 9.17) is 5.73 Å². The summed E-state index contributed by atoms with van der Waals surface area (Å²) in [5.41, 5.74) is 4.35. The molecule has 0 amide bonds. The maximum Gasteiger partial charge on any atom is 0.284 e. The molecule has 2 aromatic carbocycles. The van der Waals surface area contributed by atoms with Gasteiger partial charge in [-0.1, -0.05) is 32.9 Å². The minimum absolute atomic E-state index is 0.0219. The summed E-state index contributed by atoms with van der Waals surface area (Å²) in [6.07, 6.45) is 1.38. The van der Waals surface area contributed by atoms with Crippen molar-refractivity contribution in [2.24, 2.45) is 0 Å². The van der Waals surface area contributed by atoms with Gasteiger partial charge < -0.3 is 5.73 Å². The third-order valence-electron chi connectivity index (χ3n) is 5.43. The smallest absolute Gasteiger partial charge is 0.284 e. The predicted octanol–water partition coefficient (Wildman–Crippen LogP) is 4.60. The minimum atomic E-state index is -5.41. The molecule has 0 saturated carbocycles. The van der Waals surface area contributed by atoms with Gasteiger partial charge >= 0.3 is 0 Å². The number of hydrogen-bond acceptors (Lipinski definition) is 9. The lowest BCUT2D eigenvalue weighted by Crippen LogP contribution is -2.37. The summed E-state index contributed by atoms with van der Waals surface area (Å²) >= 11 is 1.17. The topological polar surface area (TPSA) is 156 Å². The zero-order valence-corrected chi connectivity index (χ0v) is 23.6. The standard InChI is InChI=1S/C24H22F3N5O5S3/c1-24(2,3)22-31-19(20(38-22)16-10-11-29-23(28)30-16)13-6-4-9-17(18(13)27)32(12-39(33,34)35)40(36,37)21-14(25)7-5-8-15(21)26/h4-11H,12H2,1-3H3,(H2,28,29,30)(H,33,34,35). The maximum absolute atomic E-state index is 16.2. The van der Waals surface area contributed by atoms with Crippen LogP contribution in [0.15, 0.2) is 53.6 Å². The van der Waals surface area contributed by atoms with Crippen molar-refractivity contribution in [3.8, 4) is 21.8 Å². The zero-order valence-electron chi connectivity index (χ0n) is 21.1. The summed E-state index contributed by atoms with van der Waals surface area (Å²) in [7, 11) is -10.6. The molecule has 0 unspecified atom stereocenters. The number of thiazole rings is 1. The van der Waals surface area contributed by atoms with Gasteiger partial charge in [0.25, 0.3) is 20.1 Å². The van der Waals surface area contributed by atoms with E-state index in [1.165, 1.54) is 35.7 Å². The van der Waals surface area contributed by atoms with Crippen LogP contribution in [-0.4, -0.2) is 42.2 Å². The first kappa shape index (κ1) is 29.4. The highest BCUT2D eigenvalue weighted by atomic mass is 32.2. The Balaban J connectivity index is 2.00. The van der Waals surface area contributed by atoms with Crippen LogP contribution in [0.3, 0.4) is 0 Å². The molecule has 2 heterocycles. The van der Waals surface area contributed by atoms with E-state index in [9.17, 15) is 30.2 Å². The average molecular weight is 614 g/mol. The molecule has 10 nitrogen and oxygen atoms in total. The molecule has 0 aliphatic rings. The highest BCUT2D eigenvalue weighted by molar-refractivity contribution is 7.94. The molecule has 4 aromatic rings. The molecule has 0 aliphatic carbocycles. The Kier molecular flexibility index (Phi) is 7.66. The first-order chi connectivity index (χ1) is 18.5. The molecule has 4 rings (SSSR count). The van der Waals surface area contributed by atoms with Crippen LogP contribution in [0.4, 0.5) is 24.8 Å². The van der Waals surface area contributed by atoms with E-state index in [1.54, 1.807) is 0 Å². The van der Waals surface area contributed by atoms with Gasteiger partial charge in [0.05, 0.1) is 27.0 Å². The van der Waals surface area contributed by atoms with E-state index < -0.39 is 59.5 Å². The molecule has 212 valence electrons. The lowest BCUT2D eigenvalue weighted by molar-refractivity contribution is 0.481. The van der Waals surface area contributed by atoms with Crippen LogP contribution in [0.2, 0.25) is 0 Å². The fourth-order valence-corrected chi connectivity index (χ4v) is 7.39. The molecule has 0 saturated heterocycles. The number of benzene rings is 2. The second-order valence-corrected chi connectivity index (χ2v) is 13.7. The number of anilines is 2. The van der Waals surface area contributed by atoms with Gasteiger partial charge in [-0.15, -0.1) is 11.3 Å². The van der Waals surface area contributed by atoms with Gasteiger partial charge in [0.15, 0.2) is 16.6 Å². The van der Waals surface area contributed by atoms with Gasteiger partial charge in [-0.3, -0.25) is 4.55 Å². The van der Waals surface area contributed by atoms with Crippen LogP contribution < -0.4 is 10.0 Å². The summed E-state index contributed by atoms with van der Waals surface area (Å²) in [4.78, 5) is 11.4. The molecule has 40 heavy (non-hydrogen) atoms. The Labute approximate surface area is 232 Å². The van der Waals surface area contributed by atoms with Gasteiger partial charge in [-0.2, -0.15) is 8.42 Å². The van der Waals surface area contributed by atoms with Gasteiger partial charge in [0.1, 0.15) is 11.6 Å². The highest BCUT2D eigenvalue weighted by Gasteiger charge is 2.36. The number of rotatable bonds is 7. The van der Waals surface area contributed by atoms with Crippen LogP contribution in [0.25, 0.3) is 21.8 Å². The molecule has 0 spiro atoms. The van der Waals surface area contributed by atoms with Gasteiger partial charge in [0, 0.05) is 17.2 Å². The van der Waals surface area contributed by atoms with E-state index in [2.05, 4.69) is 15.0 Å². The number of sulfonamides is 1. The molecule has 0 fully saturated rings. The molecule has 2 aromatic heterocycles. The van der Waals surface area contributed by atoms with Crippen LogP contribution in [0.5, 0.6) is 0 Å². The highest BCUT2D eigenvalue weighted by Crippen LogP contribution is 2.43. The molecular weight excluding hydrogens is 591 g/mol. The molecule has 0 radical (unpaired) electrons. The number of nitrogens with zero attached hydrogens (tertiary/aromatic N) is 4. The van der Waals surface area contributed by atoms with E-state index in [1.807, 2.05) is 20.8 Å². The summed E-state index contributed by atoms with van der Waals surface area (Å²) in [6.45, 7) is 5.59.